The fourth-order valence-electron chi connectivity index (χ4n) is 3.51. The number of nitrogens with one attached hydrogen (secondary N) is 1. The normalized spacial score (nSPS) is 19.0. The Labute approximate surface area is 146 Å². The number of rotatable bonds is 4. The van der Waals surface area contributed by atoms with E-state index in [1.807, 2.05) is 31.7 Å². The smallest absolute Gasteiger partial charge is 0.269 e. The van der Waals surface area contributed by atoms with Crippen molar-refractivity contribution in [2.24, 2.45) is 5.73 Å². The van der Waals surface area contributed by atoms with Gasteiger partial charge < -0.3 is 10.6 Å². The number of nitrogens with two attached hydrogens (primary N) is 1. The molecule has 1 saturated heterocycles. The van der Waals surface area contributed by atoms with Crippen LogP contribution in [0.25, 0.3) is 0 Å². The second kappa shape index (κ2) is 6.70. The number of nitrogens with zero attached hydrogens (tertiary/aromatic N) is 4. The van der Waals surface area contributed by atoms with E-state index < -0.39 is 5.91 Å². The van der Waals surface area contributed by atoms with Gasteiger partial charge in [0, 0.05) is 30.4 Å². The molecule has 3 N–H and O–H groups in total. The van der Waals surface area contributed by atoms with Gasteiger partial charge >= 0.3 is 0 Å². The van der Waals surface area contributed by atoms with Crippen molar-refractivity contribution < 1.29 is 9.59 Å². The third-order valence-electron chi connectivity index (χ3n) is 4.79. The second-order valence-electron chi connectivity index (χ2n) is 6.74. The number of aromatic amines is 1. The molecule has 0 aliphatic carbocycles. The number of amides is 2. The number of carbonyl (C=O) groups excluding carboxylic acids is 2. The summed E-state index contributed by atoms with van der Waals surface area (Å²) in [5, 5.41) is 11.3. The minimum absolute atomic E-state index is 0.0607. The fraction of sp³-hybridized carbons (Fsp3) is 0.529. The third-order valence-corrected chi connectivity index (χ3v) is 4.79. The average molecular weight is 344 g/mol. The van der Waals surface area contributed by atoms with Crippen LogP contribution in [0.2, 0.25) is 0 Å². The Morgan fingerprint density at radius 3 is 2.72 bits per heavy atom. The van der Waals surface area contributed by atoms with Crippen molar-refractivity contribution in [1.29, 1.82) is 0 Å². The average Bonchev–Trinajstić information content (AvgIpc) is 3.20. The van der Waals surface area contributed by atoms with Crippen molar-refractivity contribution in [3.63, 3.8) is 0 Å². The molecule has 3 rings (SSSR count). The Balaban J connectivity index is 1.72. The van der Waals surface area contributed by atoms with Crippen molar-refractivity contribution in [3.8, 4) is 0 Å². The van der Waals surface area contributed by atoms with E-state index in [1.165, 1.54) is 0 Å². The molecule has 0 saturated carbocycles. The van der Waals surface area contributed by atoms with Crippen LogP contribution in [-0.2, 0) is 4.79 Å². The first kappa shape index (κ1) is 17.2. The first-order valence-electron chi connectivity index (χ1n) is 8.53. The molecule has 8 heteroatoms. The highest BCUT2D eigenvalue weighted by atomic mass is 16.2. The van der Waals surface area contributed by atoms with E-state index in [1.54, 1.807) is 10.7 Å². The van der Waals surface area contributed by atoms with Gasteiger partial charge in [0.1, 0.15) is 11.7 Å². The molecule has 3 heterocycles. The number of aromatic nitrogens is 4. The maximum Gasteiger partial charge on any atom is 0.269 e. The number of piperidine rings is 1. The zero-order valence-electron chi connectivity index (χ0n) is 14.8. The molecule has 1 aliphatic heterocycles. The molecule has 25 heavy (non-hydrogen) atoms. The van der Waals surface area contributed by atoms with E-state index in [4.69, 9.17) is 5.73 Å². The van der Waals surface area contributed by atoms with Gasteiger partial charge in [0.2, 0.25) is 5.91 Å². The summed E-state index contributed by atoms with van der Waals surface area (Å²) in [6.45, 7) is 7.09. The molecular weight excluding hydrogens is 320 g/mol. The monoisotopic (exact) mass is 344 g/mol. The summed E-state index contributed by atoms with van der Waals surface area (Å²) in [4.78, 5) is 26.0. The van der Waals surface area contributed by atoms with E-state index in [9.17, 15) is 9.59 Å². The molecule has 134 valence electrons. The Bertz CT molecular complexity index is 793. The Hall–Kier alpha value is -2.64. The van der Waals surface area contributed by atoms with Crippen LogP contribution < -0.4 is 5.73 Å². The Morgan fingerprint density at radius 2 is 2.12 bits per heavy atom. The molecule has 2 atom stereocenters. The lowest BCUT2D eigenvalue weighted by atomic mass is 9.94. The van der Waals surface area contributed by atoms with E-state index in [0.717, 1.165) is 36.5 Å². The summed E-state index contributed by atoms with van der Waals surface area (Å²) >= 11 is 0. The first-order chi connectivity index (χ1) is 11.9. The molecule has 0 bridgehead atoms. The molecule has 8 nitrogen and oxygen atoms in total. The van der Waals surface area contributed by atoms with Gasteiger partial charge in [-0.05, 0) is 45.7 Å². The molecule has 0 spiro atoms. The Kier molecular flexibility index (Phi) is 4.61. The largest absolute Gasteiger partial charge is 0.364 e. The topological polar surface area (TPSA) is 110 Å². The first-order valence-corrected chi connectivity index (χ1v) is 8.53. The van der Waals surface area contributed by atoms with Gasteiger partial charge in [-0.25, -0.2) is 0 Å². The van der Waals surface area contributed by atoms with Crippen molar-refractivity contribution in [3.05, 3.63) is 34.9 Å². The SMILES string of the molecule is Cc1cc(C)n(C(C)C(=O)N2CCCC(c3cc(C(N)=O)n[nH]3)C2)n1. The van der Waals surface area contributed by atoms with Gasteiger partial charge in [-0.1, -0.05) is 0 Å². The van der Waals surface area contributed by atoms with Crippen LogP contribution >= 0.6 is 0 Å². The number of hydrogen-bond acceptors (Lipinski definition) is 4. The van der Waals surface area contributed by atoms with Crippen LogP contribution in [0, 0.1) is 13.8 Å². The molecule has 1 fully saturated rings. The number of hydrogen-bond donors (Lipinski definition) is 2. The van der Waals surface area contributed by atoms with Crippen LogP contribution in [0.5, 0.6) is 0 Å². The van der Waals surface area contributed by atoms with Crippen molar-refractivity contribution in [2.75, 3.05) is 13.1 Å². The van der Waals surface area contributed by atoms with Crippen molar-refractivity contribution in [2.45, 2.75) is 45.6 Å². The van der Waals surface area contributed by atoms with Gasteiger partial charge in [0.25, 0.3) is 5.91 Å². The minimum atomic E-state index is -0.551. The molecule has 2 aromatic rings. The summed E-state index contributed by atoms with van der Waals surface area (Å²) < 4.78 is 1.78. The van der Waals surface area contributed by atoms with Gasteiger partial charge in [0.15, 0.2) is 0 Å². The second-order valence-corrected chi connectivity index (χ2v) is 6.74. The highest BCUT2D eigenvalue weighted by Crippen LogP contribution is 2.27. The lowest BCUT2D eigenvalue weighted by Gasteiger charge is -2.34. The van der Waals surface area contributed by atoms with Crippen molar-refractivity contribution >= 4 is 11.8 Å². The van der Waals surface area contributed by atoms with E-state index >= 15 is 0 Å². The highest BCUT2D eigenvalue weighted by molar-refractivity contribution is 5.90. The maximum absolute atomic E-state index is 12.9. The molecule has 2 aromatic heterocycles. The van der Waals surface area contributed by atoms with Gasteiger partial charge in [-0.2, -0.15) is 10.2 Å². The van der Waals surface area contributed by atoms with E-state index in [-0.39, 0.29) is 23.6 Å². The van der Waals surface area contributed by atoms with Crippen molar-refractivity contribution in [1.82, 2.24) is 24.9 Å². The van der Waals surface area contributed by atoms with Crippen LogP contribution in [0.1, 0.15) is 59.3 Å². The van der Waals surface area contributed by atoms with E-state index in [2.05, 4.69) is 15.3 Å². The summed E-state index contributed by atoms with van der Waals surface area (Å²) in [5.41, 5.74) is 8.23. The number of aryl methyl sites for hydroxylation is 2. The quantitative estimate of drug-likeness (QED) is 0.870. The molecular formula is C17H24N6O2. The fourth-order valence-corrected chi connectivity index (χ4v) is 3.51. The number of carbonyl (C=O) groups is 2. The lowest BCUT2D eigenvalue weighted by molar-refractivity contribution is -0.135. The molecule has 2 amide bonds. The molecule has 0 radical (unpaired) electrons. The third kappa shape index (κ3) is 3.42. The highest BCUT2D eigenvalue weighted by Gasteiger charge is 2.30. The number of primary amides is 1. The van der Waals surface area contributed by atoms with Crippen LogP contribution in [0.3, 0.4) is 0 Å². The van der Waals surface area contributed by atoms with E-state index in [0.29, 0.717) is 6.54 Å². The van der Waals surface area contributed by atoms with Crippen LogP contribution in [0.4, 0.5) is 0 Å². The van der Waals surface area contributed by atoms with Gasteiger partial charge in [-0.3, -0.25) is 19.4 Å². The van der Waals surface area contributed by atoms with Gasteiger partial charge in [0.05, 0.1) is 5.69 Å². The number of H-pyrrole nitrogens is 1. The summed E-state index contributed by atoms with van der Waals surface area (Å²) in [7, 11) is 0. The predicted molar refractivity (Wildman–Crippen MR) is 92.1 cm³/mol. The number of likely N-dealkylation sites (tertiary alicyclic amines) is 1. The Morgan fingerprint density at radius 1 is 1.36 bits per heavy atom. The summed E-state index contributed by atoms with van der Waals surface area (Å²) in [6.07, 6.45) is 1.85. The zero-order valence-corrected chi connectivity index (χ0v) is 14.8. The zero-order chi connectivity index (χ0) is 18.1. The van der Waals surface area contributed by atoms with Crippen LogP contribution in [0.15, 0.2) is 12.1 Å². The predicted octanol–water partition coefficient (Wildman–Crippen LogP) is 1.29. The maximum atomic E-state index is 12.9. The van der Waals surface area contributed by atoms with Crippen LogP contribution in [-0.4, -0.2) is 49.8 Å². The standard InChI is InChI=1S/C17H24N6O2/c1-10-7-11(2)23(21-10)12(3)17(25)22-6-4-5-13(9-22)14-8-15(16(18)24)20-19-14/h7-8,12-13H,4-6,9H2,1-3H3,(H2,18,24)(H,19,20). The summed E-state index contributed by atoms with van der Waals surface area (Å²) in [6, 6.07) is 3.32. The summed E-state index contributed by atoms with van der Waals surface area (Å²) in [5.74, 6) is -0.360. The minimum Gasteiger partial charge on any atom is -0.364 e. The lowest BCUT2D eigenvalue weighted by Crippen LogP contribution is -2.42. The van der Waals surface area contributed by atoms with Gasteiger partial charge in [-0.15, -0.1) is 0 Å². The molecule has 2 unspecified atom stereocenters. The molecule has 0 aromatic carbocycles. The molecule has 1 aliphatic rings.